The van der Waals surface area contributed by atoms with Gasteiger partial charge >= 0.3 is 0 Å². The molecule has 5 aromatic rings. The van der Waals surface area contributed by atoms with Crippen molar-refractivity contribution < 1.29 is 14.6 Å². The van der Waals surface area contributed by atoms with Crippen LogP contribution in [-0.2, 0) is 0 Å². The third-order valence-electron chi connectivity index (χ3n) is 5.73. The number of halogens is 1. The number of thiophene rings is 1. The number of hydrogen-bond donors (Lipinski definition) is 1. The maximum Gasteiger partial charge on any atom is 0.270 e. The summed E-state index contributed by atoms with van der Waals surface area (Å²) in [6, 6.07) is 20.3. The molecule has 37 heavy (non-hydrogen) atoms. The van der Waals surface area contributed by atoms with Crippen LogP contribution in [0.2, 0.25) is 5.02 Å². The first kappa shape index (κ1) is 24.0. The summed E-state index contributed by atoms with van der Waals surface area (Å²) in [5.41, 5.74) is 8.82. The molecule has 0 saturated carbocycles. The second kappa shape index (κ2) is 9.41. The van der Waals surface area contributed by atoms with Gasteiger partial charge in [0.15, 0.2) is 0 Å². The number of nitro benzene ring substituents is 2. The number of rotatable bonds is 6. The Bertz CT molecular complexity index is 1730. The molecular formula is C26H15ClN4O5S. The number of anilines is 1. The van der Waals surface area contributed by atoms with Crippen LogP contribution < -0.4 is 5.73 Å². The minimum Gasteiger partial charge on any atom is -0.397 e. The van der Waals surface area contributed by atoms with Crippen LogP contribution in [0, 0.1) is 20.2 Å². The first-order chi connectivity index (χ1) is 17.7. The highest BCUT2D eigenvalue weighted by Gasteiger charge is 2.24. The Labute approximate surface area is 218 Å². The molecule has 0 aliphatic rings. The second-order valence-electron chi connectivity index (χ2n) is 8.03. The topological polar surface area (TPSA) is 142 Å². The quantitative estimate of drug-likeness (QED) is 0.143. The van der Waals surface area contributed by atoms with Crippen molar-refractivity contribution in [2.24, 2.45) is 0 Å². The smallest absolute Gasteiger partial charge is 0.270 e. The maximum absolute atomic E-state index is 13.4. The Balaban J connectivity index is 1.75. The number of pyridine rings is 1. The van der Waals surface area contributed by atoms with Crippen molar-refractivity contribution in [2.75, 3.05) is 5.73 Å². The van der Waals surface area contributed by atoms with Gasteiger partial charge in [0.2, 0.25) is 5.78 Å². The van der Waals surface area contributed by atoms with Gasteiger partial charge in [0.05, 0.1) is 21.2 Å². The molecule has 0 amide bonds. The minimum absolute atomic E-state index is 0.0998. The lowest BCUT2D eigenvalue weighted by atomic mass is 9.98. The highest BCUT2D eigenvalue weighted by Crippen LogP contribution is 2.42. The summed E-state index contributed by atoms with van der Waals surface area (Å²) in [6.45, 7) is 0. The van der Waals surface area contributed by atoms with Gasteiger partial charge in [-0.3, -0.25) is 25.0 Å². The Kier molecular flexibility index (Phi) is 6.12. The molecule has 0 radical (unpaired) electrons. The maximum atomic E-state index is 13.4. The first-order valence-corrected chi connectivity index (χ1v) is 12.0. The summed E-state index contributed by atoms with van der Waals surface area (Å²) in [6.07, 6.45) is 0. The minimum atomic E-state index is -0.578. The molecule has 0 aliphatic carbocycles. The van der Waals surface area contributed by atoms with E-state index in [0.29, 0.717) is 32.1 Å². The van der Waals surface area contributed by atoms with Crippen molar-refractivity contribution in [1.82, 2.24) is 4.98 Å². The number of non-ortho nitro benzene ring substituents is 2. The molecule has 3 aromatic carbocycles. The fraction of sp³-hybridized carbons (Fsp3) is 0. The lowest BCUT2D eigenvalue weighted by molar-refractivity contribution is -0.385. The SMILES string of the molecule is Nc1c(C(=O)c2cccc([N+](=O)[O-])c2)sc2nc(-c3ccc(Cl)cc3)cc(-c3cccc([N+](=O)[O-])c3)c12. The largest absolute Gasteiger partial charge is 0.397 e. The van der Waals surface area contributed by atoms with Gasteiger partial charge in [-0.25, -0.2) is 4.98 Å². The third kappa shape index (κ3) is 4.51. The number of carbonyl (C=O) groups is 1. The van der Waals surface area contributed by atoms with Crippen LogP contribution in [0.25, 0.3) is 32.6 Å². The van der Waals surface area contributed by atoms with E-state index in [-0.39, 0.29) is 27.5 Å². The van der Waals surface area contributed by atoms with Crippen LogP contribution in [-0.4, -0.2) is 20.6 Å². The van der Waals surface area contributed by atoms with Gasteiger partial charge in [0.1, 0.15) is 9.71 Å². The van der Waals surface area contributed by atoms with Crippen molar-refractivity contribution in [3.8, 4) is 22.4 Å². The van der Waals surface area contributed by atoms with Crippen LogP contribution >= 0.6 is 22.9 Å². The molecule has 11 heteroatoms. The van der Waals surface area contributed by atoms with Crippen LogP contribution in [0.1, 0.15) is 15.2 Å². The average Bonchev–Trinajstić information content (AvgIpc) is 3.24. The monoisotopic (exact) mass is 530 g/mol. The molecule has 0 unspecified atom stereocenters. The van der Waals surface area contributed by atoms with Crippen LogP contribution in [0.15, 0.2) is 78.9 Å². The fourth-order valence-corrected chi connectivity index (χ4v) is 5.17. The number of nitrogens with zero attached hydrogens (tertiary/aromatic N) is 3. The van der Waals surface area contributed by atoms with E-state index < -0.39 is 15.6 Å². The van der Waals surface area contributed by atoms with E-state index in [1.807, 2.05) is 0 Å². The van der Waals surface area contributed by atoms with Gasteiger partial charge in [-0.2, -0.15) is 0 Å². The zero-order valence-electron chi connectivity index (χ0n) is 18.8. The normalized spacial score (nSPS) is 10.9. The van der Waals surface area contributed by atoms with Gasteiger partial charge in [0.25, 0.3) is 11.4 Å². The van der Waals surface area contributed by atoms with Crippen molar-refractivity contribution >= 4 is 56.0 Å². The van der Waals surface area contributed by atoms with E-state index in [4.69, 9.17) is 22.3 Å². The Hall–Kier alpha value is -4.67. The summed E-state index contributed by atoms with van der Waals surface area (Å²) in [7, 11) is 0. The predicted octanol–water partition coefficient (Wildman–Crippen LogP) is 6.91. The highest BCUT2D eigenvalue weighted by atomic mass is 35.5. The number of nitro groups is 2. The molecule has 0 bridgehead atoms. The number of nitrogens with two attached hydrogens (primary N) is 1. The van der Waals surface area contributed by atoms with E-state index in [0.717, 1.165) is 16.9 Å². The Morgan fingerprint density at radius 2 is 1.51 bits per heavy atom. The Morgan fingerprint density at radius 3 is 2.19 bits per heavy atom. The van der Waals surface area contributed by atoms with Gasteiger partial charge in [-0.15, -0.1) is 11.3 Å². The molecule has 0 saturated heterocycles. The summed E-state index contributed by atoms with van der Waals surface area (Å²) < 4.78 is 0. The molecule has 0 aliphatic heterocycles. The molecule has 0 spiro atoms. The number of benzene rings is 3. The van der Waals surface area contributed by atoms with Crippen molar-refractivity contribution in [1.29, 1.82) is 0 Å². The fourth-order valence-electron chi connectivity index (χ4n) is 3.96. The van der Waals surface area contributed by atoms with Gasteiger partial charge in [0, 0.05) is 45.8 Å². The van der Waals surface area contributed by atoms with E-state index in [9.17, 15) is 25.0 Å². The molecule has 182 valence electrons. The van der Waals surface area contributed by atoms with E-state index in [1.165, 1.54) is 36.4 Å². The zero-order chi connectivity index (χ0) is 26.3. The molecule has 2 heterocycles. The standard InChI is InChI=1S/C26H15ClN4O5S/c27-17-9-7-14(8-10-17)21-13-20(15-3-1-5-18(11-15)30(33)34)22-23(28)25(37-26(22)29-21)24(32)16-4-2-6-19(12-16)31(35)36/h1-13H,28H2. The molecule has 0 fully saturated rings. The van der Waals surface area contributed by atoms with Crippen molar-refractivity contribution in [2.45, 2.75) is 0 Å². The van der Waals surface area contributed by atoms with E-state index in [2.05, 4.69) is 0 Å². The summed E-state index contributed by atoms with van der Waals surface area (Å²) in [5, 5.41) is 23.6. The lowest BCUT2D eigenvalue weighted by Gasteiger charge is -2.09. The molecule has 2 N–H and O–H groups in total. The lowest BCUT2D eigenvalue weighted by Crippen LogP contribution is -2.03. The van der Waals surface area contributed by atoms with E-state index in [1.54, 1.807) is 42.5 Å². The predicted molar refractivity (Wildman–Crippen MR) is 143 cm³/mol. The number of carbonyl (C=O) groups excluding carboxylic acids is 1. The van der Waals surface area contributed by atoms with Crippen molar-refractivity contribution in [3.63, 3.8) is 0 Å². The zero-order valence-corrected chi connectivity index (χ0v) is 20.3. The van der Waals surface area contributed by atoms with Crippen LogP contribution in [0.4, 0.5) is 17.1 Å². The number of hydrogen-bond acceptors (Lipinski definition) is 8. The molecular weight excluding hydrogens is 516 g/mol. The van der Waals surface area contributed by atoms with Gasteiger partial charge < -0.3 is 5.73 Å². The number of aromatic nitrogens is 1. The second-order valence-corrected chi connectivity index (χ2v) is 9.47. The molecule has 2 aromatic heterocycles. The van der Waals surface area contributed by atoms with Gasteiger partial charge in [-0.05, 0) is 29.3 Å². The first-order valence-electron chi connectivity index (χ1n) is 10.8. The van der Waals surface area contributed by atoms with E-state index >= 15 is 0 Å². The Morgan fingerprint density at radius 1 is 0.865 bits per heavy atom. The molecule has 5 rings (SSSR count). The molecule has 0 atom stereocenters. The molecule has 9 nitrogen and oxygen atoms in total. The number of fused-ring (bicyclic) bond motifs is 1. The number of nitrogen functional groups attached to an aromatic ring is 1. The summed E-state index contributed by atoms with van der Waals surface area (Å²) in [4.78, 5) is 40.3. The van der Waals surface area contributed by atoms with Gasteiger partial charge in [-0.1, -0.05) is 48.0 Å². The van der Waals surface area contributed by atoms with Crippen molar-refractivity contribution in [3.05, 3.63) is 115 Å². The summed E-state index contributed by atoms with van der Waals surface area (Å²) in [5.74, 6) is -0.484. The number of ketones is 1. The van der Waals surface area contributed by atoms with Crippen LogP contribution in [0.5, 0.6) is 0 Å². The van der Waals surface area contributed by atoms with Crippen LogP contribution in [0.3, 0.4) is 0 Å². The summed E-state index contributed by atoms with van der Waals surface area (Å²) >= 11 is 7.09. The highest BCUT2D eigenvalue weighted by molar-refractivity contribution is 7.21. The third-order valence-corrected chi connectivity index (χ3v) is 7.08. The average molecular weight is 531 g/mol.